The lowest BCUT2D eigenvalue weighted by molar-refractivity contribution is -0.385. The molecule has 3 aromatic rings. The molecule has 2 amide bonds. The van der Waals surface area contributed by atoms with Crippen LogP contribution in [0.4, 0.5) is 11.4 Å². The molecule has 0 aliphatic carbocycles. The van der Waals surface area contributed by atoms with Crippen LogP contribution in [-0.2, 0) is 26.2 Å². The van der Waals surface area contributed by atoms with Crippen LogP contribution in [0.3, 0.4) is 0 Å². The summed E-state index contributed by atoms with van der Waals surface area (Å²) in [6.07, 6.45) is 0.233. The number of aryl methyl sites for hydroxylation is 1. The van der Waals surface area contributed by atoms with E-state index in [1.54, 1.807) is 31.2 Å². The lowest BCUT2D eigenvalue weighted by atomic mass is 10.1. The molecule has 14 heteroatoms. The number of likely N-dealkylation sites (N-methyl/N-ethyl adjacent to an activating group) is 1. The van der Waals surface area contributed by atoms with Crippen molar-refractivity contribution in [2.45, 2.75) is 37.8 Å². The minimum Gasteiger partial charge on any atom is -0.495 e. The maximum Gasteiger partial charge on any atom is 0.273 e. The number of amides is 2. The van der Waals surface area contributed by atoms with E-state index < -0.39 is 49.9 Å². The fraction of sp³-hybridized carbons (Fsp3) is 0.286. The highest BCUT2D eigenvalue weighted by Gasteiger charge is 2.35. The molecule has 3 rings (SSSR count). The third-order valence-electron chi connectivity index (χ3n) is 6.55. The van der Waals surface area contributed by atoms with E-state index in [4.69, 9.17) is 27.9 Å². The number of nitro benzene ring substituents is 1. The van der Waals surface area contributed by atoms with Crippen molar-refractivity contribution in [2.24, 2.45) is 0 Å². The zero-order valence-electron chi connectivity index (χ0n) is 23.3. The normalized spacial score (nSPS) is 11.9. The molecule has 224 valence electrons. The number of halogens is 2. The van der Waals surface area contributed by atoms with Gasteiger partial charge in [-0.1, -0.05) is 48.3 Å². The number of carbonyl (C=O) groups excluding carboxylic acids is 2. The summed E-state index contributed by atoms with van der Waals surface area (Å²) in [4.78, 5) is 38.6. The minimum absolute atomic E-state index is 0.0293. The summed E-state index contributed by atoms with van der Waals surface area (Å²) in [6, 6.07) is 13.4. The number of carbonyl (C=O) groups is 2. The zero-order chi connectivity index (χ0) is 31.2. The molecule has 0 heterocycles. The van der Waals surface area contributed by atoms with Gasteiger partial charge in [-0.3, -0.25) is 24.0 Å². The third-order valence-corrected chi connectivity index (χ3v) is 8.80. The topological polar surface area (TPSA) is 139 Å². The summed E-state index contributed by atoms with van der Waals surface area (Å²) in [5.74, 6) is -1.07. The Morgan fingerprint density at radius 2 is 1.69 bits per heavy atom. The van der Waals surface area contributed by atoms with Crippen LogP contribution in [0.15, 0.2) is 65.6 Å². The number of nitro groups is 1. The highest BCUT2D eigenvalue weighted by atomic mass is 35.5. The maximum absolute atomic E-state index is 14.1. The minimum atomic E-state index is -4.62. The van der Waals surface area contributed by atoms with Gasteiger partial charge in [0.2, 0.25) is 11.8 Å². The first kappa shape index (κ1) is 32.6. The highest BCUT2D eigenvalue weighted by molar-refractivity contribution is 7.92. The summed E-state index contributed by atoms with van der Waals surface area (Å²) >= 11 is 12.2. The molecular weight excluding hydrogens is 607 g/mol. The summed E-state index contributed by atoms with van der Waals surface area (Å²) in [5.41, 5.74) is 0.433. The Morgan fingerprint density at radius 3 is 2.26 bits per heavy atom. The van der Waals surface area contributed by atoms with Crippen molar-refractivity contribution in [2.75, 3.05) is 25.0 Å². The molecule has 0 radical (unpaired) electrons. The van der Waals surface area contributed by atoms with Crippen LogP contribution in [0.1, 0.15) is 24.5 Å². The summed E-state index contributed by atoms with van der Waals surface area (Å²) < 4.78 is 34.4. The van der Waals surface area contributed by atoms with E-state index in [-0.39, 0.29) is 35.0 Å². The van der Waals surface area contributed by atoms with Gasteiger partial charge in [0.15, 0.2) is 0 Å². The van der Waals surface area contributed by atoms with Gasteiger partial charge in [-0.2, -0.15) is 0 Å². The number of rotatable bonds is 12. The van der Waals surface area contributed by atoms with Crippen molar-refractivity contribution in [3.63, 3.8) is 0 Å². The van der Waals surface area contributed by atoms with Gasteiger partial charge in [0.05, 0.1) is 22.6 Å². The SMILES string of the molecule is CC[C@H](C(=O)NC)N(Cc1ccc(Cl)cc1)C(=O)CN(c1cc(Cl)ccc1OC)S(=O)(=O)c1ccc(C)c([N+](=O)[O-])c1. The van der Waals surface area contributed by atoms with Crippen molar-refractivity contribution in [3.8, 4) is 5.75 Å². The standard InChI is InChI=1S/C28H30Cl2N4O7S/c1-5-23(28(36)31-3)32(16-19-7-9-20(29)10-8-19)27(35)17-33(25-14-21(30)11-13-26(25)41-4)42(39,40)22-12-6-18(2)24(15-22)34(37)38/h6-15,23H,5,16-17H2,1-4H3,(H,31,36)/t23-/m1/s1. The van der Waals surface area contributed by atoms with Crippen molar-refractivity contribution >= 4 is 56.4 Å². The second-order valence-corrected chi connectivity index (χ2v) is 12.0. The molecule has 0 aromatic heterocycles. The smallest absolute Gasteiger partial charge is 0.273 e. The van der Waals surface area contributed by atoms with Gasteiger partial charge in [0.25, 0.3) is 15.7 Å². The van der Waals surface area contributed by atoms with Crippen LogP contribution in [0.5, 0.6) is 5.75 Å². The van der Waals surface area contributed by atoms with Gasteiger partial charge in [0, 0.05) is 35.3 Å². The molecule has 3 aromatic carbocycles. The number of hydrogen-bond acceptors (Lipinski definition) is 7. The molecule has 0 aliphatic rings. The number of benzene rings is 3. The molecule has 0 saturated heterocycles. The predicted molar refractivity (Wildman–Crippen MR) is 161 cm³/mol. The largest absolute Gasteiger partial charge is 0.495 e. The Labute approximate surface area is 254 Å². The number of ether oxygens (including phenoxy) is 1. The highest BCUT2D eigenvalue weighted by Crippen LogP contribution is 2.36. The number of sulfonamides is 1. The number of nitrogens with zero attached hydrogens (tertiary/aromatic N) is 3. The second-order valence-electron chi connectivity index (χ2n) is 9.22. The monoisotopic (exact) mass is 636 g/mol. The first-order valence-corrected chi connectivity index (χ1v) is 14.9. The summed E-state index contributed by atoms with van der Waals surface area (Å²) in [5, 5.41) is 14.8. The van der Waals surface area contributed by atoms with Crippen LogP contribution in [0.2, 0.25) is 10.0 Å². The van der Waals surface area contributed by atoms with Crippen LogP contribution in [0, 0.1) is 17.0 Å². The molecule has 11 nitrogen and oxygen atoms in total. The molecule has 42 heavy (non-hydrogen) atoms. The Kier molecular flexibility index (Phi) is 10.8. The van der Waals surface area contributed by atoms with Gasteiger partial charge in [0.1, 0.15) is 18.3 Å². The number of nitrogens with one attached hydrogen (secondary N) is 1. The van der Waals surface area contributed by atoms with Gasteiger partial charge in [-0.05, 0) is 55.3 Å². The maximum atomic E-state index is 14.1. The zero-order valence-corrected chi connectivity index (χ0v) is 25.7. The third kappa shape index (κ3) is 7.30. The first-order valence-electron chi connectivity index (χ1n) is 12.7. The van der Waals surface area contributed by atoms with E-state index in [1.807, 2.05) is 0 Å². The number of anilines is 1. The fourth-order valence-electron chi connectivity index (χ4n) is 4.32. The molecule has 1 N–H and O–H groups in total. The molecular formula is C28H30Cl2N4O7S. The molecule has 0 saturated carbocycles. The fourth-order valence-corrected chi connectivity index (χ4v) is 6.05. The van der Waals surface area contributed by atoms with E-state index in [1.165, 1.54) is 56.3 Å². The number of methoxy groups -OCH3 is 1. The van der Waals surface area contributed by atoms with Crippen molar-refractivity contribution in [1.82, 2.24) is 10.2 Å². The molecule has 0 spiro atoms. The quantitative estimate of drug-likeness (QED) is 0.219. The van der Waals surface area contributed by atoms with E-state index in [9.17, 15) is 28.1 Å². The Balaban J connectivity index is 2.18. The lowest BCUT2D eigenvalue weighted by Gasteiger charge is -2.33. The Morgan fingerprint density at radius 1 is 1.05 bits per heavy atom. The van der Waals surface area contributed by atoms with Gasteiger partial charge < -0.3 is 15.0 Å². The van der Waals surface area contributed by atoms with Crippen molar-refractivity contribution < 1.29 is 27.7 Å². The molecule has 0 aliphatic heterocycles. The van der Waals surface area contributed by atoms with Crippen molar-refractivity contribution in [1.29, 1.82) is 0 Å². The average Bonchev–Trinajstić information content (AvgIpc) is 2.96. The van der Waals surface area contributed by atoms with Gasteiger partial charge in [-0.25, -0.2) is 8.42 Å². The van der Waals surface area contributed by atoms with E-state index >= 15 is 0 Å². The van der Waals surface area contributed by atoms with Crippen LogP contribution >= 0.6 is 23.2 Å². The van der Waals surface area contributed by atoms with Gasteiger partial charge >= 0.3 is 0 Å². The van der Waals surface area contributed by atoms with Crippen LogP contribution in [0.25, 0.3) is 0 Å². The van der Waals surface area contributed by atoms with Gasteiger partial charge in [-0.15, -0.1) is 0 Å². The Hall–Kier alpha value is -3.87. The molecule has 0 bridgehead atoms. The lowest BCUT2D eigenvalue weighted by Crippen LogP contribution is -2.51. The van der Waals surface area contributed by atoms with E-state index in [0.29, 0.717) is 10.6 Å². The second kappa shape index (κ2) is 13.9. The summed E-state index contributed by atoms with van der Waals surface area (Å²) in [7, 11) is -1.86. The summed E-state index contributed by atoms with van der Waals surface area (Å²) in [6.45, 7) is 2.40. The van der Waals surface area contributed by atoms with E-state index in [0.717, 1.165) is 10.4 Å². The Bertz CT molecular complexity index is 1580. The van der Waals surface area contributed by atoms with Crippen molar-refractivity contribution in [3.05, 3.63) is 92.0 Å². The first-order chi connectivity index (χ1) is 19.8. The molecule has 1 atom stereocenters. The van der Waals surface area contributed by atoms with Crippen LogP contribution in [-0.4, -0.2) is 56.8 Å². The van der Waals surface area contributed by atoms with E-state index in [2.05, 4.69) is 5.32 Å². The van der Waals surface area contributed by atoms with Crippen LogP contribution < -0.4 is 14.4 Å². The average molecular weight is 638 g/mol. The molecule has 0 unspecified atom stereocenters. The predicted octanol–water partition coefficient (Wildman–Crippen LogP) is 4.97. The molecule has 0 fully saturated rings. The number of hydrogen-bond donors (Lipinski definition) is 1.